The molecule has 0 spiro atoms. The van der Waals surface area contributed by atoms with Gasteiger partial charge in [0.05, 0.1) is 11.6 Å². The number of hydroxylamine groups is 1. The lowest BCUT2D eigenvalue weighted by atomic mass is 9.84. The molecule has 0 radical (unpaired) electrons. The van der Waals surface area contributed by atoms with E-state index >= 15 is 0 Å². The first-order chi connectivity index (χ1) is 13.6. The fraction of sp³-hybridized carbons (Fsp3) is 0.200. The number of nitrogens with two attached hydrogens (primary N) is 1. The minimum atomic E-state index is -0.848. The minimum Gasteiger partial charge on any atom is -0.426 e. The van der Waals surface area contributed by atoms with E-state index in [1.807, 2.05) is 49.4 Å². The molecule has 0 bridgehead atoms. The summed E-state index contributed by atoms with van der Waals surface area (Å²) >= 11 is 0. The normalized spacial score (nSPS) is 16.0. The summed E-state index contributed by atoms with van der Waals surface area (Å²) in [5, 5.41) is 14.3. The van der Waals surface area contributed by atoms with Crippen LogP contribution in [0.25, 0.3) is 10.8 Å². The highest BCUT2D eigenvalue weighted by atomic mass is 16.7. The van der Waals surface area contributed by atoms with Crippen LogP contribution < -0.4 is 16.5 Å². The van der Waals surface area contributed by atoms with Gasteiger partial charge in [-0.05, 0) is 42.2 Å². The highest BCUT2D eigenvalue weighted by molar-refractivity contribution is 6.43. The quantitative estimate of drug-likeness (QED) is 0.453. The predicted octanol–water partition coefficient (Wildman–Crippen LogP) is 2.15. The van der Waals surface area contributed by atoms with E-state index in [1.165, 1.54) is 0 Å². The maximum Gasteiger partial charge on any atom is 0.482 e. The zero-order valence-electron chi connectivity index (χ0n) is 15.6. The molecule has 2 heterocycles. The number of anilines is 1. The third-order valence-corrected chi connectivity index (χ3v) is 4.50. The summed E-state index contributed by atoms with van der Waals surface area (Å²) < 4.78 is 4.96. The first-order valence-corrected chi connectivity index (χ1v) is 9.09. The fourth-order valence-corrected chi connectivity index (χ4v) is 2.94. The van der Waals surface area contributed by atoms with Gasteiger partial charge in [0.25, 0.3) is 0 Å². The molecule has 0 saturated carbocycles. The van der Waals surface area contributed by atoms with E-state index in [0.29, 0.717) is 17.7 Å². The molecule has 28 heavy (non-hydrogen) atoms. The van der Waals surface area contributed by atoms with Gasteiger partial charge in [-0.2, -0.15) is 0 Å². The van der Waals surface area contributed by atoms with Crippen molar-refractivity contribution in [1.29, 1.82) is 0 Å². The van der Waals surface area contributed by atoms with Crippen molar-refractivity contribution in [3.8, 4) is 0 Å². The first-order valence-electron chi connectivity index (χ1n) is 9.09. The summed E-state index contributed by atoms with van der Waals surface area (Å²) in [7, 11) is -0.848. The molecule has 8 heteroatoms. The highest BCUT2D eigenvalue weighted by Crippen LogP contribution is 2.20. The minimum absolute atomic E-state index is 0.175. The van der Waals surface area contributed by atoms with Gasteiger partial charge >= 0.3 is 7.12 Å². The van der Waals surface area contributed by atoms with Gasteiger partial charge < -0.3 is 20.8 Å². The summed E-state index contributed by atoms with van der Waals surface area (Å²) in [6.45, 7) is 2.04. The lowest BCUT2D eigenvalue weighted by Gasteiger charge is -2.18. The Labute approximate surface area is 164 Å². The molecule has 1 unspecified atom stereocenters. The Morgan fingerprint density at radius 1 is 1.46 bits per heavy atom. The Hall–Kier alpha value is -2.94. The van der Waals surface area contributed by atoms with Gasteiger partial charge in [0, 0.05) is 36.3 Å². The average molecular weight is 378 g/mol. The molecule has 1 amide bonds. The molecule has 1 aromatic heterocycles. The topological polar surface area (TPSA) is 110 Å². The fourth-order valence-electron chi connectivity index (χ4n) is 2.94. The molecule has 5 N–H and O–H groups in total. The maximum atomic E-state index is 12.8. The van der Waals surface area contributed by atoms with Crippen LogP contribution in [0, 0.1) is 5.92 Å². The molecule has 0 saturated heterocycles. The van der Waals surface area contributed by atoms with Crippen LogP contribution in [0.15, 0.2) is 72.2 Å². The number of hydrogen-bond donors (Lipinski definition) is 4. The van der Waals surface area contributed by atoms with Gasteiger partial charge in [0.1, 0.15) is 0 Å². The molecule has 144 valence electrons. The van der Waals surface area contributed by atoms with Gasteiger partial charge in [-0.1, -0.05) is 24.3 Å². The van der Waals surface area contributed by atoms with E-state index in [0.717, 1.165) is 16.3 Å². The van der Waals surface area contributed by atoms with Gasteiger partial charge in [-0.25, -0.2) is 0 Å². The number of nitrogens with one attached hydrogen (secondary N) is 2. The number of pyridine rings is 1. The zero-order valence-corrected chi connectivity index (χ0v) is 15.6. The van der Waals surface area contributed by atoms with Crippen LogP contribution in [0.1, 0.15) is 6.92 Å². The van der Waals surface area contributed by atoms with Crippen molar-refractivity contribution in [2.24, 2.45) is 11.7 Å². The van der Waals surface area contributed by atoms with Crippen LogP contribution in [-0.4, -0.2) is 29.6 Å². The van der Waals surface area contributed by atoms with Gasteiger partial charge in [0.2, 0.25) is 5.91 Å². The van der Waals surface area contributed by atoms with E-state index in [2.05, 4.69) is 15.8 Å². The largest absolute Gasteiger partial charge is 0.482 e. The number of benzene rings is 1. The molecule has 2 aromatic rings. The second-order valence-corrected chi connectivity index (χ2v) is 6.41. The summed E-state index contributed by atoms with van der Waals surface area (Å²) in [6, 6.07) is 7.57. The summed E-state index contributed by atoms with van der Waals surface area (Å²) in [4.78, 5) is 16.9. The van der Waals surface area contributed by atoms with E-state index < -0.39 is 13.0 Å². The number of hydrogen-bond acceptors (Lipinski definition) is 6. The van der Waals surface area contributed by atoms with Crippen molar-refractivity contribution in [2.45, 2.75) is 13.2 Å². The maximum absolute atomic E-state index is 12.8. The zero-order chi connectivity index (χ0) is 19.9. The summed E-state index contributed by atoms with van der Waals surface area (Å²) in [5.41, 5.74) is 10.8. The Bertz CT molecular complexity index is 942. The van der Waals surface area contributed by atoms with Crippen LogP contribution in [0.4, 0.5) is 5.69 Å². The Morgan fingerprint density at radius 3 is 3.04 bits per heavy atom. The van der Waals surface area contributed by atoms with Crippen LogP contribution in [0.2, 0.25) is 6.32 Å². The smallest absolute Gasteiger partial charge is 0.426 e. The molecule has 1 aromatic carbocycles. The summed E-state index contributed by atoms with van der Waals surface area (Å²) in [6.07, 6.45) is 11.2. The number of rotatable bonds is 6. The number of amides is 1. The number of aromatic nitrogens is 1. The second kappa shape index (κ2) is 9.32. The van der Waals surface area contributed by atoms with Crippen molar-refractivity contribution < 1.29 is 14.6 Å². The van der Waals surface area contributed by atoms with Crippen molar-refractivity contribution in [1.82, 2.24) is 10.5 Å². The number of allylic oxidation sites excluding steroid dienone is 4. The summed E-state index contributed by atoms with van der Waals surface area (Å²) in [5.74, 6) is -0.670. The molecule has 1 aliphatic heterocycles. The monoisotopic (exact) mass is 378 g/mol. The van der Waals surface area contributed by atoms with Gasteiger partial charge in [-0.15, -0.1) is 0 Å². The van der Waals surface area contributed by atoms with Crippen LogP contribution in [0.5, 0.6) is 0 Å². The lowest BCUT2D eigenvalue weighted by molar-refractivity contribution is -0.118. The molecule has 7 nitrogen and oxygen atoms in total. The second-order valence-electron chi connectivity index (χ2n) is 6.41. The SMILES string of the molecule is C/C=C(\C=C/C1=CCB(O)ON1)C(CN)C(=O)Nc1ccc2cnccc2c1. The van der Waals surface area contributed by atoms with Crippen molar-refractivity contribution in [3.05, 3.63) is 72.2 Å². The van der Waals surface area contributed by atoms with Crippen molar-refractivity contribution in [2.75, 3.05) is 11.9 Å². The number of fused-ring (bicyclic) bond motifs is 1. The van der Waals surface area contributed by atoms with Gasteiger partial charge in [0.15, 0.2) is 0 Å². The Balaban J connectivity index is 1.71. The van der Waals surface area contributed by atoms with Crippen LogP contribution in [0.3, 0.4) is 0 Å². The van der Waals surface area contributed by atoms with Crippen LogP contribution in [-0.2, 0) is 9.55 Å². The van der Waals surface area contributed by atoms with Crippen LogP contribution >= 0.6 is 0 Å². The molecule has 3 rings (SSSR count). The number of nitrogens with zero attached hydrogens (tertiary/aromatic N) is 1. The van der Waals surface area contributed by atoms with E-state index in [4.69, 9.17) is 10.5 Å². The number of carbonyl (C=O) groups is 1. The standard InChI is InChI=1S/C20H23BN4O3/c1-2-14(3-5-17-7-9-21(27)28-25-17)19(12-22)20(26)24-18-6-4-16-13-23-10-8-15(16)11-18/h2-8,10-11,13,19,25,27H,9,12,22H2,1H3,(H,24,26)/b5-3-,14-2+. The molecular weight excluding hydrogens is 355 g/mol. The van der Waals surface area contributed by atoms with Crippen molar-refractivity contribution >= 4 is 29.5 Å². The predicted molar refractivity (Wildman–Crippen MR) is 111 cm³/mol. The molecular formula is C20H23BN4O3. The highest BCUT2D eigenvalue weighted by Gasteiger charge is 2.20. The molecule has 0 fully saturated rings. The molecule has 0 aliphatic carbocycles. The third kappa shape index (κ3) is 4.86. The van der Waals surface area contributed by atoms with E-state index in [-0.39, 0.29) is 12.5 Å². The van der Waals surface area contributed by atoms with E-state index in [1.54, 1.807) is 18.5 Å². The molecule has 1 atom stereocenters. The average Bonchev–Trinajstić information content (AvgIpc) is 2.72. The van der Waals surface area contributed by atoms with Crippen molar-refractivity contribution in [3.63, 3.8) is 0 Å². The van der Waals surface area contributed by atoms with E-state index in [9.17, 15) is 9.82 Å². The number of carbonyl (C=O) groups excluding carboxylic acids is 1. The lowest BCUT2D eigenvalue weighted by Crippen LogP contribution is -2.31. The Kier molecular flexibility index (Phi) is 6.60. The molecule has 1 aliphatic rings. The van der Waals surface area contributed by atoms with Gasteiger partial charge in [-0.3, -0.25) is 15.3 Å². The Morgan fingerprint density at radius 2 is 2.32 bits per heavy atom. The first kappa shape index (κ1) is 19.8. The third-order valence-electron chi connectivity index (χ3n) is 4.50.